The number of esters is 1. The molecule has 0 spiro atoms. The molecule has 1 unspecified atom stereocenters. The van der Waals surface area contributed by atoms with Gasteiger partial charge in [-0.05, 0) is 50.8 Å². The Balaban J connectivity index is 1.38. The van der Waals surface area contributed by atoms with Gasteiger partial charge in [-0.15, -0.1) is 0 Å². The summed E-state index contributed by atoms with van der Waals surface area (Å²) in [6.07, 6.45) is 46.9. The van der Waals surface area contributed by atoms with E-state index >= 15 is 4.79 Å². The number of benzene rings is 1. The third-order valence-corrected chi connectivity index (χ3v) is 23.4. The molecule has 2 fully saturated rings. The van der Waals surface area contributed by atoms with Gasteiger partial charge >= 0.3 is 40.2 Å². The Kier molecular flexibility index (Phi) is 45.3. The molecule has 0 bridgehead atoms. The minimum absolute atomic E-state index is 0.0634. The summed E-state index contributed by atoms with van der Waals surface area (Å²) in [5.74, 6) is -1.63. The van der Waals surface area contributed by atoms with Crippen LogP contribution in [-0.2, 0) is 38.6 Å². The first kappa shape index (κ1) is 88.8. The molecule has 23 heteroatoms. The smallest absolute Gasteiger partial charge is 0.404 e. The van der Waals surface area contributed by atoms with Crippen molar-refractivity contribution in [3.63, 3.8) is 0 Å². The van der Waals surface area contributed by atoms with Crippen molar-refractivity contribution in [2.24, 2.45) is 5.41 Å². The number of carboxylic acid groups (broad SMARTS) is 1. The number of carbonyl (C=O) groups excluding carboxylic acids is 1. The third kappa shape index (κ3) is 32.3. The molecule has 0 radical (unpaired) electrons. The van der Waals surface area contributed by atoms with Gasteiger partial charge in [0.1, 0.15) is 66.7 Å². The van der Waals surface area contributed by atoms with Crippen molar-refractivity contribution in [1.29, 1.82) is 10.5 Å². The predicted molar refractivity (Wildman–Crippen MR) is 411 cm³/mol. The van der Waals surface area contributed by atoms with Crippen molar-refractivity contribution in [1.82, 2.24) is 19.1 Å². The number of aryl methyl sites for hydroxylation is 2. The Hall–Kier alpha value is -5.82. The van der Waals surface area contributed by atoms with Gasteiger partial charge in [-0.25, -0.2) is 18.0 Å². The van der Waals surface area contributed by atoms with E-state index in [0.29, 0.717) is 38.7 Å². The van der Waals surface area contributed by atoms with Gasteiger partial charge in [0.2, 0.25) is 0 Å². The average molecular weight is 1490 g/mol. The van der Waals surface area contributed by atoms with Gasteiger partial charge in [0, 0.05) is 42.4 Å². The number of nitriles is 2. The largest absolute Gasteiger partial charge is 0.493 e. The molecule has 4 heterocycles. The number of aliphatic hydroxyl groups is 1. The van der Waals surface area contributed by atoms with E-state index in [0.717, 1.165) is 55.9 Å². The first-order valence-electron chi connectivity index (χ1n) is 40.4. The first-order valence-corrected chi connectivity index (χ1v) is 42.1. The highest BCUT2D eigenvalue weighted by Crippen LogP contribution is 2.59. The Labute approximate surface area is 623 Å². The number of carboxylic acids is 1. The standard InChI is InChI=1S/C81H128N6O15P2/c1-5-7-9-11-13-15-17-19-21-23-25-27-29-31-33-35-37-39-41-43-49-96-67-53-66(54-68(55-67)97-50-44-42-40-38-36-34-32-30-28-26-24-22-20-18-16-14-12-10-8-6-2)57-80(59-74(89)90,81(104-100-52-46-48-83)58-73(102-71(81)62-88)87-61-65(4)76(92)85-79(87)95)77(93)98-63-69-70(103-99-51-45-47-82)56-72(101-69)86-60-64(3)75(91)84-78(86)94/h53-55,60-61,69-73,88H,5-46,49-52,56-59,62-63H2,1-4H3,(H-2,84,85,89,90,91,92,94,95)/p+2/t69-,70+,71-,72-,73-,80?,81-/m1/s1. The van der Waals surface area contributed by atoms with Crippen LogP contribution in [0.3, 0.4) is 0 Å². The molecular weight excluding hydrogens is 1360 g/mol. The third-order valence-electron chi connectivity index (χ3n) is 20.7. The number of nitrogens with one attached hydrogen (secondary N) is 2. The van der Waals surface area contributed by atoms with E-state index in [4.69, 9.17) is 32.1 Å². The number of carbonyl (C=O) groups is 2. The van der Waals surface area contributed by atoms with E-state index in [-0.39, 0.29) is 58.5 Å². The zero-order valence-corrected chi connectivity index (χ0v) is 65.7. The van der Waals surface area contributed by atoms with Crippen LogP contribution >= 0.6 is 16.9 Å². The molecule has 104 heavy (non-hydrogen) atoms. The quantitative estimate of drug-likeness (QED) is 0.0177. The highest BCUT2D eigenvalue weighted by molar-refractivity contribution is 7.26. The second kappa shape index (κ2) is 53.0. The van der Waals surface area contributed by atoms with E-state index in [1.54, 1.807) is 19.1 Å². The van der Waals surface area contributed by atoms with Crippen molar-refractivity contribution in [3.05, 3.63) is 89.0 Å². The molecule has 582 valence electrons. The number of aliphatic hydroxyl groups excluding tert-OH is 1. The molecule has 1 aromatic carbocycles. The van der Waals surface area contributed by atoms with Gasteiger partial charge in [0.05, 0.1) is 38.4 Å². The molecule has 2 aromatic heterocycles. The number of aromatic nitrogens is 4. The number of aromatic amines is 2. The van der Waals surface area contributed by atoms with Crippen LogP contribution in [-0.4, -0.2) is 104 Å². The topological polar surface area (TPSA) is 301 Å². The summed E-state index contributed by atoms with van der Waals surface area (Å²) in [7, 11) is 0.239. The lowest BCUT2D eigenvalue weighted by atomic mass is 9.65. The maximum absolute atomic E-state index is 16.2. The van der Waals surface area contributed by atoms with Gasteiger partial charge in [0.15, 0.2) is 5.16 Å². The maximum atomic E-state index is 16.2. The maximum Gasteiger partial charge on any atom is 0.404 e. The average Bonchev–Trinajstić information content (AvgIpc) is 1.50. The number of unbranched alkanes of at least 4 members (excludes halogenated alkanes) is 38. The molecule has 4 N–H and O–H groups in total. The summed E-state index contributed by atoms with van der Waals surface area (Å²) in [5, 5.41) is 40.0. The summed E-state index contributed by atoms with van der Waals surface area (Å²) in [6.45, 7) is 6.90. The van der Waals surface area contributed by atoms with Crippen LogP contribution in [0.2, 0.25) is 0 Å². The summed E-state index contributed by atoms with van der Waals surface area (Å²) in [4.78, 5) is 87.0. The summed E-state index contributed by atoms with van der Waals surface area (Å²) < 4.78 is 47.2. The molecule has 2 aliphatic heterocycles. The second-order valence-corrected chi connectivity index (χ2v) is 31.7. The lowest BCUT2D eigenvalue weighted by Gasteiger charge is -2.42. The van der Waals surface area contributed by atoms with E-state index in [1.807, 2.05) is 12.1 Å². The van der Waals surface area contributed by atoms with Gasteiger partial charge in [-0.2, -0.15) is 10.5 Å². The Morgan fingerprint density at radius 3 is 1.38 bits per heavy atom. The van der Waals surface area contributed by atoms with Gasteiger partial charge < -0.3 is 33.9 Å². The van der Waals surface area contributed by atoms with Crippen LogP contribution in [0.25, 0.3) is 0 Å². The summed E-state index contributed by atoms with van der Waals surface area (Å²) in [5.41, 5.74) is -4.86. The van der Waals surface area contributed by atoms with Crippen LogP contribution in [0.15, 0.2) is 49.8 Å². The highest BCUT2D eigenvalue weighted by Gasteiger charge is 2.70. The SMILES string of the molecule is CCCCCCCCCCCCCCCCCCCCCCOc1cc(CC(CC(=O)O)(C(=O)OC[C@H]2O[C@@H](n3cc(C)c(=O)[nH]c3=O)C[C@@H]2P=[O+]CCC#N)[C@@]2(P=[O+]CCC#N)C[C@H](n3cc(C)c(=O)[nH]c3=O)O[C@@H]2CO)cc(OCCCCCCCCCCCCCCCCCCCCCC)c1. The minimum Gasteiger partial charge on any atom is -0.493 e. The normalized spacial score (nSPS) is 18.7. The molecule has 0 saturated carbocycles. The Morgan fingerprint density at radius 1 is 0.587 bits per heavy atom. The number of H-pyrrole nitrogens is 2. The molecule has 3 aromatic rings. The van der Waals surface area contributed by atoms with Crippen LogP contribution in [0.5, 0.6) is 11.5 Å². The molecule has 21 nitrogen and oxygen atoms in total. The highest BCUT2D eigenvalue weighted by atomic mass is 31.1. The van der Waals surface area contributed by atoms with Crippen molar-refractivity contribution >= 4 is 28.9 Å². The molecule has 2 aliphatic rings. The van der Waals surface area contributed by atoms with Crippen molar-refractivity contribution in [2.75, 3.05) is 39.6 Å². The fourth-order valence-corrected chi connectivity index (χ4v) is 16.9. The number of ether oxygens (including phenoxy) is 5. The number of hydrogen-bond acceptors (Lipinski definition) is 14. The minimum atomic E-state index is -2.27. The zero-order chi connectivity index (χ0) is 74.9. The van der Waals surface area contributed by atoms with Crippen molar-refractivity contribution in [3.8, 4) is 23.6 Å². The van der Waals surface area contributed by atoms with Gasteiger partial charge in [0.25, 0.3) is 24.3 Å². The Morgan fingerprint density at radius 2 is 0.981 bits per heavy atom. The Bertz CT molecular complexity index is 3240. The number of aliphatic carboxylic acids is 1. The van der Waals surface area contributed by atoms with Crippen LogP contribution < -0.4 is 32.0 Å². The molecular formula is C81H130N6O15P2+2. The molecule has 0 aliphatic carbocycles. The first-order chi connectivity index (χ1) is 50.6. The monoisotopic (exact) mass is 1490 g/mol. The van der Waals surface area contributed by atoms with Crippen LogP contribution in [0, 0.1) is 41.9 Å². The lowest BCUT2D eigenvalue weighted by Crippen LogP contribution is -2.58. The molecule has 7 atom stereocenters. The van der Waals surface area contributed by atoms with E-state index in [2.05, 4.69) is 29.9 Å². The number of rotatable bonds is 61. The fraction of sp³-hybridized carbons (Fsp3) is 0.778. The lowest BCUT2D eigenvalue weighted by molar-refractivity contribution is -0.169. The van der Waals surface area contributed by atoms with E-state index in [9.17, 15) is 44.7 Å². The zero-order valence-electron chi connectivity index (χ0n) is 63.9. The second-order valence-electron chi connectivity index (χ2n) is 29.3. The van der Waals surface area contributed by atoms with Crippen LogP contribution in [0.4, 0.5) is 0 Å². The predicted octanol–water partition coefficient (Wildman–Crippen LogP) is 18.5. The number of hydrogen-bond donors (Lipinski definition) is 4. The fourth-order valence-electron chi connectivity index (χ4n) is 14.6. The van der Waals surface area contributed by atoms with E-state index < -0.39 is 101 Å². The molecule has 0 amide bonds. The van der Waals surface area contributed by atoms with Gasteiger partial charge in [-0.3, -0.25) is 38.3 Å². The number of nitrogens with zero attached hydrogens (tertiary/aromatic N) is 4. The summed E-state index contributed by atoms with van der Waals surface area (Å²) in [6, 6.07) is 9.43. The van der Waals surface area contributed by atoms with Crippen LogP contribution in [0.1, 0.15) is 332 Å². The molecule has 2 saturated heterocycles. The summed E-state index contributed by atoms with van der Waals surface area (Å²) >= 11 is 0. The van der Waals surface area contributed by atoms with E-state index in [1.165, 1.54) is 229 Å². The molecule has 5 rings (SSSR count). The van der Waals surface area contributed by atoms with Crippen molar-refractivity contribution < 1.29 is 51.9 Å². The van der Waals surface area contributed by atoms with Gasteiger partial charge in [-0.1, -0.05) is 258 Å². The van der Waals surface area contributed by atoms with Crippen molar-refractivity contribution in [2.45, 2.75) is 359 Å².